The Bertz CT molecular complexity index is 3130. The van der Waals surface area contributed by atoms with Crippen molar-refractivity contribution in [3.8, 4) is 44.5 Å². The summed E-state index contributed by atoms with van der Waals surface area (Å²) in [6.07, 6.45) is 0. The van der Waals surface area contributed by atoms with Crippen LogP contribution >= 0.6 is 11.3 Å². The molecular formula is C56H37NS. The van der Waals surface area contributed by atoms with Crippen LogP contribution in [0.25, 0.3) is 86.2 Å². The zero-order valence-corrected chi connectivity index (χ0v) is 32.5. The normalized spacial score (nSPS) is 11.4. The van der Waals surface area contributed by atoms with Crippen LogP contribution in [0.4, 0.5) is 17.1 Å². The van der Waals surface area contributed by atoms with E-state index in [0.717, 1.165) is 17.1 Å². The number of anilines is 3. The van der Waals surface area contributed by atoms with E-state index >= 15 is 0 Å². The van der Waals surface area contributed by atoms with Crippen LogP contribution in [-0.2, 0) is 0 Å². The van der Waals surface area contributed by atoms with E-state index in [-0.39, 0.29) is 0 Å². The summed E-state index contributed by atoms with van der Waals surface area (Å²) in [7, 11) is 0. The van der Waals surface area contributed by atoms with E-state index in [9.17, 15) is 0 Å². The predicted octanol–water partition coefficient (Wildman–Crippen LogP) is 16.5. The van der Waals surface area contributed by atoms with E-state index in [1.54, 1.807) is 0 Å². The van der Waals surface area contributed by atoms with Crippen LogP contribution in [0.5, 0.6) is 0 Å². The van der Waals surface area contributed by atoms with Crippen LogP contribution in [0.3, 0.4) is 0 Å². The molecule has 1 aromatic heterocycles. The summed E-state index contributed by atoms with van der Waals surface area (Å²) in [6.45, 7) is 0. The van der Waals surface area contributed by atoms with Gasteiger partial charge in [0.1, 0.15) is 0 Å². The molecule has 0 aliphatic rings. The maximum absolute atomic E-state index is 2.37. The van der Waals surface area contributed by atoms with Crippen molar-refractivity contribution >= 4 is 70.1 Å². The summed E-state index contributed by atoms with van der Waals surface area (Å²) in [4.78, 5) is 2.37. The fourth-order valence-electron chi connectivity index (χ4n) is 8.65. The summed E-state index contributed by atoms with van der Waals surface area (Å²) in [6, 6.07) is 81.9. The van der Waals surface area contributed by atoms with Crippen molar-refractivity contribution in [3.63, 3.8) is 0 Å². The van der Waals surface area contributed by atoms with Crippen molar-refractivity contribution in [2.45, 2.75) is 0 Å². The molecule has 0 radical (unpaired) electrons. The number of hydrogen-bond donors (Lipinski definition) is 0. The third kappa shape index (κ3) is 6.03. The molecule has 0 aliphatic carbocycles. The Morgan fingerprint density at radius 3 is 1.19 bits per heavy atom. The minimum Gasteiger partial charge on any atom is -0.311 e. The van der Waals surface area contributed by atoms with Crippen molar-refractivity contribution < 1.29 is 0 Å². The van der Waals surface area contributed by atoms with Gasteiger partial charge in [0.2, 0.25) is 0 Å². The molecular weight excluding hydrogens is 719 g/mol. The van der Waals surface area contributed by atoms with Crippen LogP contribution in [-0.4, -0.2) is 0 Å². The number of nitrogens with zero attached hydrogens (tertiary/aromatic N) is 1. The van der Waals surface area contributed by atoms with Gasteiger partial charge in [-0.3, -0.25) is 0 Å². The first-order chi connectivity index (χ1) is 28.7. The van der Waals surface area contributed by atoms with E-state index in [0.29, 0.717) is 0 Å². The second kappa shape index (κ2) is 14.4. The Labute approximate surface area is 342 Å². The maximum Gasteiger partial charge on any atom is 0.0462 e. The lowest BCUT2D eigenvalue weighted by molar-refractivity contribution is 1.28. The highest BCUT2D eigenvalue weighted by atomic mass is 32.1. The zero-order chi connectivity index (χ0) is 38.4. The lowest BCUT2D eigenvalue weighted by Gasteiger charge is -2.26. The van der Waals surface area contributed by atoms with Gasteiger partial charge in [-0.05, 0) is 115 Å². The van der Waals surface area contributed by atoms with Crippen molar-refractivity contribution in [3.05, 3.63) is 224 Å². The molecule has 10 aromatic carbocycles. The average molecular weight is 756 g/mol. The van der Waals surface area contributed by atoms with E-state index in [2.05, 4.69) is 229 Å². The Hall–Kier alpha value is -7.26. The Morgan fingerprint density at radius 1 is 0.259 bits per heavy atom. The first-order valence-corrected chi connectivity index (χ1v) is 20.6. The molecule has 2 heteroatoms. The molecule has 11 aromatic rings. The number of fused-ring (bicyclic) bond motifs is 5. The number of thiophene rings is 1. The topological polar surface area (TPSA) is 3.24 Å². The average Bonchev–Trinajstić information content (AvgIpc) is 3.67. The minimum absolute atomic E-state index is 1.10. The van der Waals surface area contributed by atoms with Crippen molar-refractivity contribution in [1.82, 2.24) is 0 Å². The SMILES string of the molecule is c1ccc(-c2ccc3c(c2)sc2ccccc23)c(-c2ccc(N(c3ccc(-c4cccc5ccccc45)cc3)c3ccc(-c4cccc5ccccc45)cc3)cc2)c1. The molecule has 1 nitrogen and oxygen atoms in total. The summed E-state index contributed by atoms with van der Waals surface area (Å²) < 4.78 is 2.65. The van der Waals surface area contributed by atoms with Crippen LogP contribution < -0.4 is 4.90 Å². The molecule has 0 saturated carbocycles. The third-order valence-electron chi connectivity index (χ3n) is 11.5. The van der Waals surface area contributed by atoms with Gasteiger partial charge in [-0.25, -0.2) is 0 Å². The predicted molar refractivity (Wildman–Crippen MR) is 251 cm³/mol. The van der Waals surface area contributed by atoms with Crippen molar-refractivity contribution in [2.75, 3.05) is 4.90 Å². The largest absolute Gasteiger partial charge is 0.311 e. The third-order valence-corrected chi connectivity index (χ3v) is 12.6. The molecule has 0 amide bonds. The van der Waals surface area contributed by atoms with E-state index in [1.807, 2.05) is 11.3 Å². The molecule has 0 unspecified atom stereocenters. The summed E-state index contributed by atoms with van der Waals surface area (Å²) in [5, 5.41) is 7.67. The molecule has 0 atom stereocenters. The molecule has 0 fully saturated rings. The molecule has 0 aliphatic heterocycles. The van der Waals surface area contributed by atoms with Gasteiger partial charge in [-0.15, -0.1) is 11.3 Å². The van der Waals surface area contributed by atoms with Crippen LogP contribution in [0, 0.1) is 0 Å². The maximum atomic E-state index is 2.37. The van der Waals surface area contributed by atoms with Gasteiger partial charge in [-0.1, -0.05) is 176 Å². The quantitative estimate of drug-likeness (QED) is 0.157. The lowest BCUT2D eigenvalue weighted by Crippen LogP contribution is -2.09. The van der Waals surface area contributed by atoms with Gasteiger partial charge in [-0.2, -0.15) is 0 Å². The highest BCUT2D eigenvalue weighted by Crippen LogP contribution is 2.42. The van der Waals surface area contributed by atoms with Gasteiger partial charge >= 0.3 is 0 Å². The standard InChI is InChI=1S/C56H37NS/c1-3-15-47-38(11-1)13-9-20-50(47)41-25-32-45(33-26-41)57(46-34-27-42(28-35-46)51-21-10-14-39-12-2-4-16-48(39)51)44-30-23-40(24-31-44)49-17-5-6-18-52(49)43-29-36-54-53-19-7-8-22-55(53)58-56(54)37-43/h1-37H. The van der Waals surface area contributed by atoms with Gasteiger partial charge < -0.3 is 4.90 Å². The molecule has 11 rings (SSSR count). The first-order valence-electron chi connectivity index (χ1n) is 19.8. The molecule has 0 saturated heterocycles. The number of hydrogen-bond acceptors (Lipinski definition) is 2. The molecule has 0 spiro atoms. The molecule has 0 bridgehead atoms. The Balaban J connectivity index is 0.982. The molecule has 58 heavy (non-hydrogen) atoms. The summed E-state index contributed by atoms with van der Waals surface area (Å²) in [5.41, 5.74) is 13.1. The van der Waals surface area contributed by atoms with E-state index in [1.165, 1.54) is 86.2 Å². The first kappa shape index (κ1) is 34.0. The fraction of sp³-hybridized carbons (Fsp3) is 0. The Kier molecular flexibility index (Phi) is 8.42. The second-order valence-electron chi connectivity index (χ2n) is 14.9. The van der Waals surface area contributed by atoms with Crippen molar-refractivity contribution in [1.29, 1.82) is 0 Å². The molecule has 1 heterocycles. The number of rotatable bonds is 7. The van der Waals surface area contributed by atoms with Crippen LogP contribution in [0.15, 0.2) is 224 Å². The lowest BCUT2D eigenvalue weighted by atomic mass is 9.94. The Morgan fingerprint density at radius 2 is 0.638 bits per heavy atom. The monoisotopic (exact) mass is 755 g/mol. The van der Waals surface area contributed by atoms with Gasteiger partial charge in [0, 0.05) is 37.2 Å². The zero-order valence-electron chi connectivity index (χ0n) is 31.7. The fourth-order valence-corrected chi connectivity index (χ4v) is 9.80. The van der Waals surface area contributed by atoms with Crippen molar-refractivity contribution in [2.24, 2.45) is 0 Å². The van der Waals surface area contributed by atoms with E-state index < -0.39 is 0 Å². The smallest absolute Gasteiger partial charge is 0.0462 e. The number of benzene rings is 10. The van der Waals surface area contributed by atoms with Crippen LogP contribution in [0.1, 0.15) is 0 Å². The van der Waals surface area contributed by atoms with Gasteiger partial charge in [0.25, 0.3) is 0 Å². The van der Waals surface area contributed by atoms with Gasteiger partial charge in [0.05, 0.1) is 0 Å². The van der Waals surface area contributed by atoms with Gasteiger partial charge in [0.15, 0.2) is 0 Å². The summed E-state index contributed by atoms with van der Waals surface area (Å²) in [5.74, 6) is 0. The van der Waals surface area contributed by atoms with E-state index in [4.69, 9.17) is 0 Å². The second-order valence-corrected chi connectivity index (χ2v) is 16.0. The van der Waals surface area contributed by atoms with Crippen LogP contribution in [0.2, 0.25) is 0 Å². The molecule has 0 N–H and O–H groups in total. The highest BCUT2D eigenvalue weighted by Gasteiger charge is 2.16. The highest BCUT2D eigenvalue weighted by molar-refractivity contribution is 7.25. The molecule has 272 valence electrons. The summed E-state index contributed by atoms with van der Waals surface area (Å²) >= 11 is 1.87. The minimum atomic E-state index is 1.10.